The monoisotopic (exact) mass is 364 g/mol. The van der Waals surface area contributed by atoms with Gasteiger partial charge in [-0.1, -0.05) is 24.3 Å². The number of nitrogens with zero attached hydrogens (tertiary/aromatic N) is 2. The molecule has 1 aliphatic rings. The summed E-state index contributed by atoms with van der Waals surface area (Å²) in [6, 6.07) is 9.99. The van der Waals surface area contributed by atoms with Crippen LogP contribution in [0.15, 0.2) is 39.9 Å². The summed E-state index contributed by atoms with van der Waals surface area (Å²) in [5, 5.41) is 0.292. The summed E-state index contributed by atoms with van der Waals surface area (Å²) in [5.41, 5.74) is 2.43. The van der Waals surface area contributed by atoms with Crippen LogP contribution in [0.5, 0.6) is 0 Å². The first-order valence-corrected chi connectivity index (χ1v) is 8.92. The van der Waals surface area contributed by atoms with Gasteiger partial charge >= 0.3 is 5.69 Å². The zero-order chi connectivity index (χ0) is 19.1. The number of pyridine rings is 1. The second kappa shape index (κ2) is 6.50. The van der Waals surface area contributed by atoms with Crippen molar-refractivity contribution in [2.24, 2.45) is 0 Å². The van der Waals surface area contributed by atoms with E-state index in [0.29, 0.717) is 10.9 Å². The Morgan fingerprint density at radius 1 is 1.19 bits per heavy atom. The van der Waals surface area contributed by atoms with Crippen LogP contribution in [0.1, 0.15) is 33.6 Å². The molecule has 0 spiro atoms. The van der Waals surface area contributed by atoms with Crippen LogP contribution in [0.2, 0.25) is 0 Å². The second-order valence-corrected chi connectivity index (χ2v) is 7.04. The number of hydrogen-bond donors (Lipinski definition) is 2. The molecule has 7 nitrogen and oxygen atoms in total. The Hall–Kier alpha value is -3.22. The molecule has 27 heavy (non-hydrogen) atoms. The van der Waals surface area contributed by atoms with Crippen LogP contribution in [0.4, 0.5) is 0 Å². The second-order valence-electron chi connectivity index (χ2n) is 7.04. The molecule has 2 N–H and O–H groups in total. The van der Waals surface area contributed by atoms with Crippen LogP contribution in [-0.4, -0.2) is 38.8 Å². The van der Waals surface area contributed by atoms with Crippen molar-refractivity contribution >= 4 is 16.9 Å². The van der Waals surface area contributed by atoms with Gasteiger partial charge in [0.05, 0.1) is 5.39 Å². The van der Waals surface area contributed by atoms with Crippen molar-refractivity contribution in [3.05, 3.63) is 73.6 Å². The number of fused-ring (bicyclic) bond motifs is 2. The van der Waals surface area contributed by atoms with E-state index in [-0.39, 0.29) is 23.3 Å². The van der Waals surface area contributed by atoms with Crippen molar-refractivity contribution in [2.75, 3.05) is 7.05 Å². The van der Waals surface area contributed by atoms with Gasteiger partial charge in [0.25, 0.3) is 11.5 Å². The number of aryl methyl sites for hydroxylation is 2. The van der Waals surface area contributed by atoms with Crippen molar-refractivity contribution in [3.8, 4) is 0 Å². The summed E-state index contributed by atoms with van der Waals surface area (Å²) >= 11 is 0. The molecule has 0 bridgehead atoms. The number of hydrogen-bond acceptors (Lipinski definition) is 4. The average molecular weight is 364 g/mol. The van der Waals surface area contributed by atoms with Crippen LogP contribution in [0.3, 0.4) is 0 Å². The number of aromatic amines is 2. The minimum atomic E-state index is -0.638. The van der Waals surface area contributed by atoms with Crippen molar-refractivity contribution in [1.82, 2.24) is 19.9 Å². The lowest BCUT2D eigenvalue weighted by Gasteiger charge is -2.32. The third-order valence-corrected chi connectivity index (χ3v) is 5.31. The topological polar surface area (TPSA) is 98.9 Å². The van der Waals surface area contributed by atoms with Crippen molar-refractivity contribution in [1.29, 1.82) is 0 Å². The summed E-state index contributed by atoms with van der Waals surface area (Å²) in [6.45, 7) is 1.73. The van der Waals surface area contributed by atoms with E-state index in [2.05, 4.69) is 27.1 Å². The molecule has 138 valence electrons. The number of amides is 1. The summed E-state index contributed by atoms with van der Waals surface area (Å²) in [6.07, 6.45) is 2.63. The molecule has 0 fully saturated rings. The molecule has 1 amide bonds. The molecule has 7 heteroatoms. The summed E-state index contributed by atoms with van der Waals surface area (Å²) < 4.78 is 0. The zero-order valence-electron chi connectivity index (χ0n) is 15.2. The Bertz CT molecular complexity index is 1160. The molecule has 1 atom stereocenters. The lowest BCUT2D eigenvalue weighted by Crippen LogP contribution is -2.41. The first-order chi connectivity index (χ1) is 12.9. The minimum absolute atomic E-state index is 0.0865. The van der Waals surface area contributed by atoms with Crippen LogP contribution in [-0.2, 0) is 12.8 Å². The van der Waals surface area contributed by atoms with Crippen molar-refractivity contribution in [3.63, 3.8) is 0 Å². The molecule has 1 unspecified atom stereocenters. The fourth-order valence-electron chi connectivity index (χ4n) is 3.82. The van der Waals surface area contributed by atoms with Crippen LogP contribution >= 0.6 is 0 Å². The highest BCUT2D eigenvalue weighted by molar-refractivity contribution is 5.95. The normalized spacial score (nSPS) is 16.1. The van der Waals surface area contributed by atoms with E-state index in [4.69, 9.17) is 0 Å². The van der Waals surface area contributed by atoms with Crippen LogP contribution < -0.4 is 11.2 Å². The molecule has 0 saturated carbocycles. The lowest BCUT2D eigenvalue weighted by atomic mass is 9.87. The lowest BCUT2D eigenvalue weighted by molar-refractivity contribution is 0.0713. The Labute approximate surface area is 155 Å². The number of rotatable bonds is 2. The van der Waals surface area contributed by atoms with Gasteiger partial charge in [-0.25, -0.2) is 9.78 Å². The summed E-state index contributed by atoms with van der Waals surface area (Å²) in [7, 11) is 1.78. The van der Waals surface area contributed by atoms with Gasteiger partial charge in [0, 0.05) is 13.1 Å². The fraction of sp³-hybridized carbons (Fsp3) is 0.300. The number of nitrogens with one attached hydrogen (secondary N) is 2. The van der Waals surface area contributed by atoms with E-state index < -0.39 is 11.2 Å². The van der Waals surface area contributed by atoms with Gasteiger partial charge in [0.2, 0.25) is 0 Å². The van der Waals surface area contributed by atoms with Gasteiger partial charge in [0.15, 0.2) is 0 Å². The van der Waals surface area contributed by atoms with Crippen LogP contribution in [0.25, 0.3) is 11.0 Å². The predicted molar refractivity (Wildman–Crippen MR) is 102 cm³/mol. The number of benzene rings is 1. The maximum Gasteiger partial charge on any atom is 0.327 e. The van der Waals surface area contributed by atoms with E-state index in [1.165, 1.54) is 11.1 Å². The van der Waals surface area contributed by atoms with Gasteiger partial charge in [0.1, 0.15) is 11.3 Å². The number of aromatic nitrogens is 3. The first-order valence-electron chi connectivity index (χ1n) is 8.92. The van der Waals surface area contributed by atoms with E-state index in [0.717, 1.165) is 19.3 Å². The molecule has 3 aromatic rings. The molecule has 2 aromatic heterocycles. The average Bonchev–Trinajstić information content (AvgIpc) is 2.65. The Morgan fingerprint density at radius 2 is 1.93 bits per heavy atom. The highest BCUT2D eigenvalue weighted by atomic mass is 16.2. The van der Waals surface area contributed by atoms with Crippen LogP contribution in [0, 0.1) is 6.92 Å². The number of carbonyl (C=O) groups is 1. The standard InChI is InChI=1S/C20H20N4O3/c1-11-9-15(21-17-16(11)18(25)23-20(27)22-17)19(26)24(2)14-8-7-12-5-3-4-6-13(12)10-14/h3-6,9,14H,7-8,10H2,1-2H3,(H2,21,22,23,25,27). The fourth-order valence-corrected chi connectivity index (χ4v) is 3.82. The van der Waals surface area contributed by atoms with Gasteiger partial charge < -0.3 is 4.90 Å². The Balaban J connectivity index is 1.67. The van der Waals surface area contributed by atoms with Crippen molar-refractivity contribution < 1.29 is 4.79 Å². The molecule has 0 radical (unpaired) electrons. The smallest absolute Gasteiger partial charge is 0.327 e. The van der Waals surface area contributed by atoms with E-state index in [1.807, 2.05) is 12.1 Å². The molecular formula is C20H20N4O3. The van der Waals surface area contributed by atoms with Gasteiger partial charge in [-0.15, -0.1) is 0 Å². The Morgan fingerprint density at radius 3 is 2.70 bits per heavy atom. The van der Waals surface area contributed by atoms with Crippen molar-refractivity contribution in [2.45, 2.75) is 32.2 Å². The maximum atomic E-state index is 13.0. The number of likely N-dealkylation sites (N-methyl/N-ethyl adjacent to an activating group) is 1. The maximum absolute atomic E-state index is 13.0. The van der Waals surface area contributed by atoms with E-state index in [1.54, 1.807) is 24.9 Å². The third kappa shape index (κ3) is 3.05. The minimum Gasteiger partial charge on any atom is -0.337 e. The Kier molecular flexibility index (Phi) is 4.14. The molecule has 2 heterocycles. The first kappa shape index (κ1) is 17.2. The summed E-state index contributed by atoms with van der Waals surface area (Å²) in [4.78, 5) is 47.2. The third-order valence-electron chi connectivity index (χ3n) is 5.31. The molecule has 1 aromatic carbocycles. The van der Waals surface area contributed by atoms with E-state index in [9.17, 15) is 14.4 Å². The highest BCUT2D eigenvalue weighted by Crippen LogP contribution is 2.25. The predicted octanol–water partition coefficient (Wildman–Crippen LogP) is 1.55. The zero-order valence-corrected chi connectivity index (χ0v) is 15.2. The van der Waals surface area contributed by atoms with Gasteiger partial charge in [-0.3, -0.25) is 19.6 Å². The molecule has 0 aliphatic heterocycles. The molecule has 1 aliphatic carbocycles. The molecule has 4 rings (SSSR count). The number of H-pyrrole nitrogens is 2. The molecule has 0 saturated heterocycles. The largest absolute Gasteiger partial charge is 0.337 e. The van der Waals surface area contributed by atoms with E-state index >= 15 is 0 Å². The van der Waals surface area contributed by atoms with Gasteiger partial charge in [-0.2, -0.15) is 0 Å². The molecular weight excluding hydrogens is 344 g/mol. The van der Waals surface area contributed by atoms with Gasteiger partial charge in [-0.05, 0) is 48.9 Å². The summed E-state index contributed by atoms with van der Waals surface area (Å²) in [5.74, 6) is -0.217. The number of carbonyl (C=O) groups excluding carboxylic acids is 1. The highest BCUT2D eigenvalue weighted by Gasteiger charge is 2.26. The SMILES string of the molecule is Cc1cc(C(=O)N(C)C2CCc3ccccc3C2)nc2[nH]c(=O)[nH]c(=O)c12. The quantitative estimate of drug-likeness (QED) is 0.721.